The summed E-state index contributed by atoms with van der Waals surface area (Å²) in [6, 6.07) is 6.41. The molecule has 1 saturated carbocycles. The number of alkyl halides is 1. The Morgan fingerprint density at radius 2 is 1.98 bits per heavy atom. The largest absolute Gasteiger partial charge is 0.443 e. The summed E-state index contributed by atoms with van der Waals surface area (Å²) in [5.41, 5.74) is -1.34. The summed E-state index contributed by atoms with van der Waals surface area (Å²) >= 11 is 0. The number of pyridine rings is 2. The van der Waals surface area contributed by atoms with Gasteiger partial charge in [-0.2, -0.15) is 9.61 Å². The molecule has 2 N–H and O–H groups in total. The molecule has 12 nitrogen and oxygen atoms in total. The second-order valence-electron chi connectivity index (χ2n) is 10.2. The van der Waals surface area contributed by atoms with E-state index in [0.717, 1.165) is 4.57 Å². The van der Waals surface area contributed by atoms with Crippen LogP contribution in [0.2, 0.25) is 0 Å². The van der Waals surface area contributed by atoms with Crippen LogP contribution in [0.4, 0.5) is 30.9 Å². The molecule has 208 valence electrons. The molecule has 0 radical (unpaired) electrons. The summed E-state index contributed by atoms with van der Waals surface area (Å²) in [4.78, 5) is 48.6. The Balaban J connectivity index is 1.58. The number of hydrogen-bond acceptors (Lipinski definition) is 8. The van der Waals surface area contributed by atoms with Crippen molar-refractivity contribution in [3.8, 4) is 5.82 Å². The molecule has 1 aliphatic carbocycles. The molecule has 0 aromatic carbocycles. The van der Waals surface area contributed by atoms with Crippen LogP contribution in [0.5, 0.6) is 0 Å². The van der Waals surface area contributed by atoms with E-state index in [0.29, 0.717) is 0 Å². The maximum absolute atomic E-state index is 14.4. The molecule has 1 fully saturated rings. The van der Waals surface area contributed by atoms with Gasteiger partial charge in [-0.3, -0.25) is 19.1 Å². The second-order valence-corrected chi connectivity index (χ2v) is 10.2. The Hall–Kier alpha value is -4.88. The fraction of sp³-hybridized carbons (Fsp3) is 0.308. The van der Waals surface area contributed by atoms with Crippen molar-refractivity contribution in [1.29, 1.82) is 0 Å². The first-order valence-electron chi connectivity index (χ1n) is 12.3. The Morgan fingerprint density at radius 1 is 1.23 bits per heavy atom. The van der Waals surface area contributed by atoms with Crippen LogP contribution >= 0.6 is 0 Å². The number of carbonyl (C=O) groups is 2. The second kappa shape index (κ2) is 10.0. The number of aromatic nitrogens is 5. The summed E-state index contributed by atoms with van der Waals surface area (Å²) in [5.74, 6) is -1.25. The third-order valence-corrected chi connectivity index (χ3v) is 5.91. The first-order chi connectivity index (χ1) is 18.9. The van der Waals surface area contributed by atoms with Crippen molar-refractivity contribution in [2.24, 2.45) is 0 Å². The summed E-state index contributed by atoms with van der Waals surface area (Å²) in [7, 11) is 1.45. The third kappa shape index (κ3) is 5.32. The van der Waals surface area contributed by atoms with Crippen LogP contribution in [0, 0.1) is 5.82 Å². The number of fused-ring (bicyclic) bond motifs is 1. The van der Waals surface area contributed by atoms with Crippen LogP contribution in [-0.4, -0.2) is 61.0 Å². The molecule has 5 rings (SSSR count). The molecule has 0 spiro atoms. The summed E-state index contributed by atoms with van der Waals surface area (Å²) in [5, 5.41) is 9.69. The minimum absolute atomic E-state index is 0.0130. The van der Waals surface area contributed by atoms with Crippen LogP contribution < -0.4 is 21.1 Å². The predicted octanol–water partition coefficient (Wildman–Crippen LogP) is 3.37. The minimum Gasteiger partial charge on any atom is -0.443 e. The van der Waals surface area contributed by atoms with Gasteiger partial charge in [-0.1, -0.05) is 0 Å². The molecular weight excluding hydrogens is 526 g/mol. The predicted molar refractivity (Wildman–Crippen MR) is 141 cm³/mol. The van der Waals surface area contributed by atoms with E-state index in [4.69, 9.17) is 4.74 Å². The summed E-state index contributed by atoms with van der Waals surface area (Å²) in [6.45, 7) is 5.14. The standard InChI is InChI=1S/C26H26F2N8O4/c1-26(2,3)40-25(39)34(4)20-12-19(33-21-14(13-30-36(20)21)23(37)32-18-11-16(18)28)31-17-8-6-10-35(24(17)38)22-15(27)7-5-9-29-22/h5-10,12-13,16,18H,11H2,1-4H3,(H,31,33)(H,32,37)/t16-,18?/m0/s1. The summed E-state index contributed by atoms with van der Waals surface area (Å²) in [6.07, 6.45) is 2.37. The van der Waals surface area contributed by atoms with Gasteiger partial charge >= 0.3 is 6.09 Å². The number of rotatable bonds is 6. The zero-order chi connectivity index (χ0) is 28.8. The van der Waals surface area contributed by atoms with E-state index in [1.807, 2.05) is 0 Å². The van der Waals surface area contributed by atoms with E-state index < -0.39 is 41.2 Å². The Bertz CT molecular complexity index is 1680. The molecular formula is C26H26F2N8O4. The van der Waals surface area contributed by atoms with Crippen molar-refractivity contribution in [2.45, 2.75) is 45.0 Å². The molecule has 1 unspecified atom stereocenters. The van der Waals surface area contributed by atoms with Gasteiger partial charge in [-0.15, -0.1) is 0 Å². The van der Waals surface area contributed by atoms with Gasteiger partial charge in [0.25, 0.3) is 11.5 Å². The molecule has 4 aromatic rings. The number of hydrogen-bond donors (Lipinski definition) is 2. The van der Waals surface area contributed by atoms with Gasteiger partial charge in [0.15, 0.2) is 17.3 Å². The fourth-order valence-electron chi connectivity index (χ4n) is 3.84. The molecule has 40 heavy (non-hydrogen) atoms. The topological polar surface area (TPSA) is 136 Å². The number of carbonyl (C=O) groups excluding carboxylic acids is 2. The Morgan fingerprint density at radius 3 is 2.65 bits per heavy atom. The Labute approximate surface area is 226 Å². The number of halogens is 2. The van der Waals surface area contributed by atoms with Gasteiger partial charge in [0.1, 0.15) is 34.7 Å². The molecule has 14 heteroatoms. The fourth-order valence-corrected chi connectivity index (χ4v) is 3.84. The lowest BCUT2D eigenvalue weighted by atomic mass is 10.2. The van der Waals surface area contributed by atoms with Crippen molar-refractivity contribution in [2.75, 3.05) is 17.3 Å². The van der Waals surface area contributed by atoms with E-state index in [1.54, 1.807) is 20.8 Å². The molecule has 4 heterocycles. The zero-order valence-corrected chi connectivity index (χ0v) is 22.1. The molecule has 2 atom stereocenters. The highest BCUT2D eigenvalue weighted by atomic mass is 19.1. The van der Waals surface area contributed by atoms with Crippen LogP contribution in [0.15, 0.2) is 53.7 Å². The lowest BCUT2D eigenvalue weighted by Crippen LogP contribution is -2.35. The molecule has 1 aliphatic rings. The monoisotopic (exact) mass is 552 g/mol. The molecule has 4 aromatic heterocycles. The van der Waals surface area contributed by atoms with Gasteiger partial charge in [0, 0.05) is 31.9 Å². The zero-order valence-electron chi connectivity index (χ0n) is 22.1. The van der Waals surface area contributed by atoms with Crippen LogP contribution in [0.1, 0.15) is 37.6 Å². The highest BCUT2D eigenvalue weighted by Crippen LogP contribution is 2.27. The average Bonchev–Trinajstić information content (AvgIpc) is 3.40. The molecule has 2 amide bonds. The Kier molecular flexibility index (Phi) is 6.69. The number of amides is 2. The molecule has 0 bridgehead atoms. The quantitative estimate of drug-likeness (QED) is 0.372. The van der Waals surface area contributed by atoms with Gasteiger partial charge in [-0.05, 0) is 45.0 Å². The number of anilines is 3. The number of ether oxygens (including phenoxy) is 1. The lowest BCUT2D eigenvalue weighted by Gasteiger charge is -2.25. The van der Waals surface area contributed by atoms with Crippen molar-refractivity contribution >= 4 is 35.0 Å². The summed E-state index contributed by atoms with van der Waals surface area (Å²) < 4.78 is 35.5. The number of nitrogens with one attached hydrogen (secondary N) is 2. The first kappa shape index (κ1) is 26.7. The van der Waals surface area contributed by atoms with E-state index in [1.165, 1.54) is 65.4 Å². The van der Waals surface area contributed by atoms with Gasteiger partial charge in [0.05, 0.1) is 12.2 Å². The van der Waals surface area contributed by atoms with Crippen LogP contribution in [-0.2, 0) is 4.74 Å². The van der Waals surface area contributed by atoms with Crippen LogP contribution in [0.3, 0.4) is 0 Å². The highest BCUT2D eigenvalue weighted by molar-refractivity contribution is 6.01. The normalized spacial score (nSPS) is 16.4. The lowest BCUT2D eigenvalue weighted by molar-refractivity contribution is 0.0587. The maximum atomic E-state index is 14.4. The van der Waals surface area contributed by atoms with E-state index in [-0.39, 0.29) is 40.8 Å². The van der Waals surface area contributed by atoms with Crippen molar-refractivity contribution in [1.82, 2.24) is 29.5 Å². The maximum Gasteiger partial charge on any atom is 0.415 e. The van der Waals surface area contributed by atoms with Gasteiger partial charge in [-0.25, -0.2) is 23.5 Å². The van der Waals surface area contributed by atoms with Crippen molar-refractivity contribution in [3.63, 3.8) is 0 Å². The molecule has 0 saturated heterocycles. The van der Waals surface area contributed by atoms with E-state index in [2.05, 4.69) is 25.7 Å². The SMILES string of the molecule is CN(C(=O)OC(C)(C)C)c1cc(Nc2cccn(-c3ncccc3F)c2=O)nc2c(C(=O)NC3C[C@@H]3F)cnn12. The van der Waals surface area contributed by atoms with Crippen LogP contribution in [0.25, 0.3) is 11.5 Å². The number of nitrogens with zero attached hydrogens (tertiary/aromatic N) is 6. The third-order valence-electron chi connectivity index (χ3n) is 5.91. The van der Waals surface area contributed by atoms with E-state index in [9.17, 15) is 23.2 Å². The highest BCUT2D eigenvalue weighted by Gasteiger charge is 2.39. The van der Waals surface area contributed by atoms with Crippen molar-refractivity contribution in [3.05, 3.63) is 70.7 Å². The molecule has 0 aliphatic heterocycles. The smallest absolute Gasteiger partial charge is 0.415 e. The average molecular weight is 553 g/mol. The van der Waals surface area contributed by atoms with Gasteiger partial charge in [0.2, 0.25) is 0 Å². The minimum atomic E-state index is -1.12. The van der Waals surface area contributed by atoms with E-state index >= 15 is 0 Å². The van der Waals surface area contributed by atoms with Crippen molar-refractivity contribution < 1.29 is 23.1 Å². The van der Waals surface area contributed by atoms with Gasteiger partial charge < -0.3 is 15.4 Å². The first-order valence-corrected chi connectivity index (χ1v) is 12.3.